The highest BCUT2D eigenvalue weighted by molar-refractivity contribution is 7.92. The fourth-order valence-electron chi connectivity index (χ4n) is 1.43. The normalized spacial score (nSPS) is 13.2. The number of hydrogen-bond acceptors (Lipinski definition) is 3. The Kier molecular flexibility index (Phi) is 4.89. The lowest BCUT2D eigenvalue weighted by Crippen LogP contribution is -2.41. The van der Waals surface area contributed by atoms with Crippen LogP contribution in [0.25, 0.3) is 0 Å². The number of hydrogen-bond donors (Lipinski definition) is 0. The zero-order valence-corrected chi connectivity index (χ0v) is 12.6. The van der Waals surface area contributed by atoms with Crippen molar-refractivity contribution in [2.45, 2.75) is 13.0 Å². The van der Waals surface area contributed by atoms with E-state index in [1.54, 1.807) is 0 Å². The first-order valence-corrected chi connectivity index (χ1v) is 7.77. The molecule has 100 valence electrons. The quantitative estimate of drug-likeness (QED) is 0.798. The third-order valence-corrected chi connectivity index (χ3v) is 4.56. The summed E-state index contributed by atoms with van der Waals surface area (Å²) in [6, 6.07) is 3.43. The molecule has 0 spiro atoms. The lowest BCUT2D eigenvalue weighted by atomic mass is 10.3. The molecule has 0 heterocycles. The second kappa shape index (κ2) is 5.65. The van der Waals surface area contributed by atoms with Crippen LogP contribution in [0.2, 0.25) is 10.0 Å². The van der Waals surface area contributed by atoms with Gasteiger partial charge in [0.2, 0.25) is 15.3 Å². The maximum absolute atomic E-state index is 11.8. The summed E-state index contributed by atoms with van der Waals surface area (Å²) in [5, 5.41) is -0.567. The van der Waals surface area contributed by atoms with E-state index < -0.39 is 21.3 Å². The summed E-state index contributed by atoms with van der Waals surface area (Å²) in [6.07, 6.45) is 0.959. The highest BCUT2D eigenvalue weighted by Gasteiger charge is 2.30. The van der Waals surface area contributed by atoms with Gasteiger partial charge in [-0.3, -0.25) is 9.10 Å². The van der Waals surface area contributed by atoms with Crippen LogP contribution >= 0.6 is 34.8 Å². The van der Waals surface area contributed by atoms with Gasteiger partial charge in [-0.05, 0) is 30.7 Å². The molecule has 8 heteroatoms. The third kappa shape index (κ3) is 3.29. The minimum Gasteiger partial charge on any atom is -0.279 e. The molecule has 1 aromatic carbocycles. The van der Waals surface area contributed by atoms with Crippen molar-refractivity contribution in [3.05, 3.63) is 28.2 Å². The Labute approximate surface area is 120 Å². The molecule has 0 aliphatic carbocycles. The van der Waals surface area contributed by atoms with E-state index >= 15 is 0 Å². The predicted octanol–water partition coefficient (Wildman–Crippen LogP) is 2.91. The molecule has 1 rings (SSSR count). The molecule has 0 saturated heterocycles. The molecule has 0 fully saturated rings. The van der Waals surface area contributed by atoms with Crippen LogP contribution in [-0.4, -0.2) is 26.0 Å². The molecule has 1 aromatic rings. The number of rotatable bonds is 4. The largest absolute Gasteiger partial charge is 0.279 e. The van der Waals surface area contributed by atoms with Crippen LogP contribution in [0.1, 0.15) is 6.92 Å². The van der Waals surface area contributed by atoms with E-state index in [9.17, 15) is 13.2 Å². The molecule has 18 heavy (non-hydrogen) atoms. The first-order chi connectivity index (χ1) is 8.16. The van der Waals surface area contributed by atoms with Crippen LogP contribution in [0.3, 0.4) is 0 Å². The number of carbonyl (C=O) groups excluding carboxylic acids is 1. The molecule has 0 bridgehead atoms. The van der Waals surface area contributed by atoms with E-state index in [1.807, 2.05) is 0 Å². The lowest BCUT2D eigenvalue weighted by Gasteiger charge is -2.27. The molecule has 0 aliphatic heterocycles. The molecule has 0 aliphatic rings. The average molecular weight is 331 g/mol. The maximum Gasteiger partial charge on any atom is 0.245 e. The number of sulfonamides is 1. The number of carbonyl (C=O) groups is 1. The van der Waals surface area contributed by atoms with Crippen molar-refractivity contribution in [3.8, 4) is 0 Å². The SMILES string of the molecule is CC(C(=O)Cl)N(c1cccc(Cl)c1Cl)S(C)(=O)=O. The Morgan fingerprint density at radius 3 is 2.33 bits per heavy atom. The van der Waals surface area contributed by atoms with E-state index in [2.05, 4.69) is 0 Å². The molecule has 0 amide bonds. The van der Waals surface area contributed by atoms with Crippen LogP contribution in [0.4, 0.5) is 5.69 Å². The van der Waals surface area contributed by atoms with Crippen LogP contribution in [0.5, 0.6) is 0 Å². The van der Waals surface area contributed by atoms with Gasteiger partial charge >= 0.3 is 0 Å². The number of nitrogens with zero attached hydrogens (tertiary/aromatic N) is 1. The molecule has 4 nitrogen and oxygen atoms in total. The standard InChI is InChI=1S/C10H10Cl3NO3S/c1-6(10(13)15)14(18(2,16)17)8-5-3-4-7(11)9(8)12/h3-6H,1-2H3. The van der Waals surface area contributed by atoms with Crippen molar-refractivity contribution in [1.29, 1.82) is 0 Å². The van der Waals surface area contributed by atoms with Crippen molar-refractivity contribution < 1.29 is 13.2 Å². The Morgan fingerprint density at radius 2 is 1.89 bits per heavy atom. The monoisotopic (exact) mass is 329 g/mol. The van der Waals surface area contributed by atoms with Crippen molar-refractivity contribution in [2.24, 2.45) is 0 Å². The van der Waals surface area contributed by atoms with Crippen molar-refractivity contribution in [3.63, 3.8) is 0 Å². The van der Waals surface area contributed by atoms with Crippen molar-refractivity contribution >= 4 is 55.8 Å². The topological polar surface area (TPSA) is 54.5 Å². The summed E-state index contributed by atoms with van der Waals surface area (Å²) >= 11 is 17.1. The summed E-state index contributed by atoms with van der Waals surface area (Å²) < 4.78 is 24.4. The van der Waals surface area contributed by atoms with E-state index in [0.29, 0.717) is 0 Å². The van der Waals surface area contributed by atoms with E-state index in [4.69, 9.17) is 34.8 Å². The second-order valence-electron chi connectivity index (χ2n) is 3.61. The lowest BCUT2D eigenvalue weighted by molar-refractivity contribution is -0.112. The van der Waals surface area contributed by atoms with E-state index in [1.165, 1.54) is 25.1 Å². The van der Waals surface area contributed by atoms with Gasteiger partial charge in [0.15, 0.2) is 0 Å². The first kappa shape index (κ1) is 15.6. The van der Waals surface area contributed by atoms with Gasteiger partial charge in [-0.25, -0.2) is 8.42 Å². The molecular formula is C10H10Cl3NO3S. The van der Waals surface area contributed by atoms with Gasteiger partial charge in [0.05, 0.1) is 22.0 Å². The van der Waals surface area contributed by atoms with Gasteiger partial charge in [0, 0.05) is 0 Å². The summed E-state index contributed by atoms with van der Waals surface area (Å²) in [6.45, 7) is 1.37. The molecule has 0 aromatic heterocycles. The Hall–Kier alpha value is -0.490. The van der Waals surface area contributed by atoms with Crippen LogP contribution < -0.4 is 4.31 Å². The highest BCUT2D eigenvalue weighted by atomic mass is 35.5. The summed E-state index contributed by atoms with van der Waals surface area (Å²) in [7, 11) is -3.72. The fourth-order valence-corrected chi connectivity index (χ4v) is 3.20. The number of anilines is 1. The summed E-state index contributed by atoms with van der Waals surface area (Å²) in [5.41, 5.74) is 0.119. The van der Waals surface area contributed by atoms with Gasteiger partial charge in [-0.2, -0.15) is 0 Å². The fraction of sp³-hybridized carbons (Fsp3) is 0.300. The number of halogens is 3. The second-order valence-corrected chi connectivity index (χ2v) is 6.63. The zero-order chi connectivity index (χ0) is 14.1. The minimum absolute atomic E-state index is 0.0503. The molecule has 1 atom stereocenters. The molecule has 1 unspecified atom stereocenters. The Bertz CT molecular complexity index is 574. The molecule has 0 radical (unpaired) electrons. The van der Waals surface area contributed by atoms with Crippen LogP contribution in [0, 0.1) is 0 Å². The summed E-state index contributed by atoms with van der Waals surface area (Å²) in [5.74, 6) is 0. The summed E-state index contributed by atoms with van der Waals surface area (Å²) in [4.78, 5) is 11.2. The minimum atomic E-state index is -3.72. The van der Waals surface area contributed by atoms with Crippen LogP contribution in [0.15, 0.2) is 18.2 Å². The van der Waals surface area contributed by atoms with Gasteiger partial charge in [0.25, 0.3) is 0 Å². The predicted molar refractivity (Wildman–Crippen MR) is 74.1 cm³/mol. The van der Waals surface area contributed by atoms with E-state index in [-0.39, 0.29) is 15.7 Å². The first-order valence-electron chi connectivity index (χ1n) is 4.79. The zero-order valence-electron chi connectivity index (χ0n) is 9.52. The third-order valence-electron chi connectivity index (χ3n) is 2.21. The Balaban J connectivity index is 3.46. The van der Waals surface area contributed by atoms with Crippen molar-refractivity contribution in [2.75, 3.05) is 10.6 Å². The number of benzene rings is 1. The van der Waals surface area contributed by atoms with E-state index in [0.717, 1.165) is 10.6 Å². The Morgan fingerprint density at radius 1 is 1.33 bits per heavy atom. The van der Waals surface area contributed by atoms with Gasteiger partial charge < -0.3 is 0 Å². The van der Waals surface area contributed by atoms with Crippen LogP contribution in [-0.2, 0) is 14.8 Å². The smallest absolute Gasteiger partial charge is 0.245 e. The van der Waals surface area contributed by atoms with Gasteiger partial charge in [-0.15, -0.1) is 0 Å². The molecule has 0 N–H and O–H groups in total. The average Bonchev–Trinajstić information content (AvgIpc) is 2.22. The maximum atomic E-state index is 11.8. The highest BCUT2D eigenvalue weighted by Crippen LogP contribution is 2.35. The van der Waals surface area contributed by atoms with Crippen molar-refractivity contribution in [1.82, 2.24) is 0 Å². The molecular weight excluding hydrogens is 321 g/mol. The molecule has 0 saturated carbocycles. The van der Waals surface area contributed by atoms with Gasteiger partial charge in [0.1, 0.15) is 6.04 Å². The van der Waals surface area contributed by atoms with Gasteiger partial charge in [-0.1, -0.05) is 29.3 Å².